The smallest absolute Gasteiger partial charge is 0.330 e. The van der Waals surface area contributed by atoms with Crippen LogP contribution in [0.25, 0.3) is 0 Å². The Morgan fingerprint density at radius 2 is 2.14 bits per heavy atom. The molecule has 28 heavy (non-hydrogen) atoms. The van der Waals surface area contributed by atoms with Gasteiger partial charge < -0.3 is 20.1 Å². The molecule has 152 valence electrons. The second kappa shape index (κ2) is 10.9. The van der Waals surface area contributed by atoms with E-state index in [1.807, 2.05) is 0 Å². The van der Waals surface area contributed by atoms with Crippen molar-refractivity contribution in [3.8, 4) is 5.75 Å². The average Bonchev–Trinajstić information content (AvgIpc) is 3.05. The van der Waals surface area contributed by atoms with Crippen molar-refractivity contribution in [2.75, 3.05) is 19.8 Å². The summed E-state index contributed by atoms with van der Waals surface area (Å²) in [7, 11) is 0. The van der Waals surface area contributed by atoms with Crippen LogP contribution >= 0.6 is 23.2 Å². The highest BCUT2D eigenvalue weighted by molar-refractivity contribution is 6.42. The van der Waals surface area contributed by atoms with Crippen LogP contribution in [-0.2, 0) is 19.1 Å². The molecule has 1 aromatic rings. The molecule has 7 nitrogen and oxygen atoms in total. The molecule has 2 rings (SSSR count). The number of esters is 1. The molecule has 2 atom stereocenters. The number of hydrogen-bond acceptors (Lipinski definition) is 5. The van der Waals surface area contributed by atoms with E-state index in [1.54, 1.807) is 19.1 Å². The molecule has 0 saturated carbocycles. The van der Waals surface area contributed by atoms with Crippen molar-refractivity contribution < 1.29 is 23.9 Å². The summed E-state index contributed by atoms with van der Waals surface area (Å²) in [6, 6.07) is 4.17. The zero-order valence-electron chi connectivity index (χ0n) is 15.4. The van der Waals surface area contributed by atoms with Crippen LogP contribution in [0, 0.1) is 5.92 Å². The maximum atomic E-state index is 12.3. The molecule has 1 fully saturated rings. The van der Waals surface area contributed by atoms with Gasteiger partial charge in [-0.15, -0.1) is 0 Å². The monoisotopic (exact) mass is 428 g/mol. The Balaban J connectivity index is 1.94. The van der Waals surface area contributed by atoms with E-state index in [-0.39, 0.29) is 25.0 Å². The maximum absolute atomic E-state index is 12.3. The largest absolute Gasteiger partial charge is 0.484 e. The molecule has 1 aliphatic rings. The van der Waals surface area contributed by atoms with Crippen LogP contribution in [0.5, 0.6) is 5.75 Å². The fourth-order valence-corrected chi connectivity index (χ4v) is 3.00. The third-order valence-corrected chi connectivity index (χ3v) is 4.80. The molecule has 0 aliphatic carbocycles. The molecule has 0 spiro atoms. The molecule has 2 N–H and O–H groups in total. The van der Waals surface area contributed by atoms with Gasteiger partial charge >= 0.3 is 5.97 Å². The van der Waals surface area contributed by atoms with Gasteiger partial charge in [-0.3, -0.25) is 9.59 Å². The number of carbonyl (C=O) groups excluding carboxylic acids is 3. The molecule has 2 amide bonds. The van der Waals surface area contributed by atoms with Gasteiger partial charge in [0.1, 0.15) is 5.75 Å². The number of hydrogen-bond donors (Lipinski definition) is 2. The minimum atomic E-state index is -0.511. The number of rotatable bonds is 9. The zero-order valence-corrected chi connectivity index (χ0v) is 16.9. The zero-order chi connectivity index (χ0) is 20.5. The van der Waals surface area contributed by atoms with E-state index in [1.165, 1.54) is 18.2 Å². The Labute approximate surface area is 173 Å². The summed E-state index contributed by atoms with van der Waals surface area (Å²) in [4.78, 5) is 35.6. The number of nitrogens with one attached hydrogen (secondary N) is 2. The molecule has 0 radical (unpaired) electrons. The second-order valence-corrected chi connectivity index (χ2v) is 6.98. The summed E-state index contributed by atoms with van der Waals surface area (Å²) >= 11 is 11.8. The first-order chi connectivity index (χ1) is 13.4. The summed E-state index contributed by atoms with van der Waals surface area (Å²) < 4.78 is 10.3. The van der Waals surface area contributed by atoms with Gasteiger partial charge in [-0.25, -0.2) is 4.79 Å². The molecule has 0 bridgehead atoms. The lowest BCUT2D eigenvalue weighted by Gasteiger charge is -2.18. The Morgan fingerprint density at radius 1 is 1.36 bits per heavy atom. The van der Waals surface area contributed by atoms with E-state index in [9.17, 15) is 14.4 Å². The Kier molecular flexibility index (Phi) is 8.60. The third-order valence-electron chi connectivity index (χ3n) is 4.06. The molecule has 1 aromatic carbocycles. The molecule has 9 heteroatoms. The van der Waals surface area contributed by atoms with Crippen LogP contribution in [0.2, 0.25) is 10.0 Å². The van der Waals surface area contributed by atoms with Crippen LogP contribution in [-0.4, -0.2) is 43.6 Å². The van der Waals surface area contributed by atoms with Crippen LogP contribution in [0.4, 0.5) is 0 Å². The van der Waals surface area contributed by atoms with Gasteiger partial charge in [-0.05, 0) is 31.9 Å². The molecular formula is C19H22Cl2N2O5. The standard InChI is InChI=1S/C19H22Cl2N2O5/c1-2-27-18(25)6-3-13(9-12-7-8-22-19(12)26)23-17(24)11-28-14-4-5-15(20)16(21)10-14/h3-6,10,12-13H,2,7-9,11H2,1H3,(H,22,26)(H,23,24)/t12-,13+/m0/s1. The first-order valence-electron chi connectivity index (χ1n) is 8.89. The highest BCUT2D eigenvalue weighted by Crippen LogP contribution is 2.26. The molecule has 0 aromatic heterocycles. The minimum Gasteiger partial charge on any atom is -0.484 e. The van der Waals surface area contributed by atoms with E-state index < -0.39 is 17.9 Å². The lowest BCUT2D eigenvalue weighted by Crippen LogP contribution is -2.39. The Morgan fingerprint density at radius 3 is 2.79 bits per heavy atom. The number of ether oxygens (including phenoxy) is 2. The number of benzene rings is 1. The van der Waals surface area contributed by atoms with Crippen molar-refractivity contribution in [2.24, 2.45) is 5.92 Å². The van der Waals surface area contributed by atoms with Gasteiger partial charge in [0, 0.05) is 30.6 Å². The van der Waals surface area contributed by atoms with E-state index in [4.69, 9.17) is 32.7 Å². The van der Waals surface area contributed by atoms with Crippen LogP contribution in [0.1, 0.15) is 19.8 Å². The summed E-state index contributed by atoms with van der Waals surface area (Å²) in [6.07, 6.45) is 3.83. The Hall–Kier alpha value is -2.25. The van der Waals surface area contributed by atoms with Gasteiger partial charge in [0.25, 0.3) is 5.91 Å². The topological polar surface area (TPSA) is 93.7 Å². The molecule has 1 aliphatic heterocycles. The SMILES string of the molecule is CCOC(=O)C=C[C@H](C[C@@H]1CCNC1=O)NC(=O)COc1ccc(Cl)c(Cl)c1. The third kappa shape index (κ3) is 7.05. The Bertz CT molecular complexity index is 754. The fraction of sp³-hybridized carbons (Fsp3) is 0.421. The quantitative estimate of drug-likeness (QED) is 0.465. The first-order valence-corrected chi connectivity index (χ1v) is 9.64. The lowest BCUT2D eigenvalue weighted by atomic mass is 9.98. The minimum absolute atomic E-state index is 0.0594. The van der Waals surface area contributed by atoms with E-state index in [0.29, 0.717) is 35.2 Å². The van der Waals surface area contributed by atoms with Gasteiger partial charge in [0.15, 0.2) is 6.61 Å². The second-order valence-electron chi connectivity index (χ2n) is 6.16. The summed E-state index contributed by atoms with van der Waals surface area (Å²) in [6.45, 7) is 2.31. The van der Waals surface area contributed by atoms with Crippen LogP contribution < -0.4 is 15.4 Å². The summed E-state index contributed by atoms with van der Waals surface area (Å²) in [5.74, 6) is -0.796. The van der Waals surface area contributed by atoms with Gasteiger partial charge in [0.05, 0.1) is 16.7 Å². The van der Waals surface area contributed by atoms with E-state index in [0.717, 1.165) is 0 Å². The predicted molar refractivity (Wildman–Crippen MR) is 105 cm³/mol. The van der Waals surface area contributed by atoms with Crippen LogP contribution in [0.15, 0.2) is 30.4 Å². The normalized spacial score (nSPS) is 17.2. The number of amides is 2. The summed E-state index contributed by atoms with van der Waals surface area (Å²) in [5.41, 5.74) is 0. The van der Waals surface area contributed by atoms with Gasteiger partial charge in [-0.1, -0.05) is 29.3 Å². The predicted octanol–water partition coefficient (Wildman–Crippen LogP) is 2.50. The lowest BCUT2D eigenvalue weighted by molar-refractivity contribution is -0.137. The first kappa shape index (κ1) is 22.0. The highest BCUT2D eigenvalue weighted by atomic mass is 35.5. The molecule has 1 heterocycles. The molecule has 1 saturated heterocycles. The maximum Gasteiger partial charge on any atom is 0.330 e. The summed E-state index contributed by atoms with van der Waals surface area (Å²) in [5, 5.41) is 6.22. The van der Waals surface area contributed by atoms with Crippen LogP contribution in [0.3, 0.4) is 0 Å². The van der Waals surface area contributed by atoms with Crippen molar-refractivity contribution >= 4 is 41.0 Å². The van der Waals surface area contributed by atoms with Crippen molar-refractivity contribution in [2.45, 2.75) is 25.8 Å². The van der Waals surface area contributed by atoms with Gasteiger partial charge in [0.2, 0.25) is 5.91 Å². The van der Waals surface area contributed by atoms with Crippen molar-refractivity contribution in [3.63, 3.8) is 0 Å². The fourth-order valence-electron chi connectivity index (χ4n) is 2.71. The number of halogens is 2. The average molecular weight is 429 g/mol. The highest BCUT2D eigenvalue weighted by Gasteiger charge is 2.27. The molecular weight excluding hydrogens is 407 g/mol. The van der Waals surface area contributed by atoms with Crippen molar-refractivity contribution in [3.05, 3.63) is 40.4 Å². The number of carbonyl (C=O) groups is 3. The van der Waals surface area contributed by atoms with E-state index in [2.05, 4.69) is 10.6 Å². The van der Waals surface area contributed by atoms with E-state index >= 15 is 0 Å². The van der Waals surface area contributed by atoms with Gasteiger partial charge in [-0.2, -0.15) is 0 Å². The molecule has 0 unspecified atom stereocenters. The van der Waals surface area contributed by atoms with Crippen molar-refractivity contribution in [1.29, 1.82) is 0 Å². The van der Waals surface area contributed by atoms with Crippen molar-refractivity contribution in [1.82, 2.24) is 10.6 Å².